The predicted octanol–water partition coefficient (Wildman–Crippen LogP) is 0.675. The highest BCUT2D eigenvalue weighted by molar-refractivity contribution is 5.94. The number of para-hydroxylation sites is 2. The molecule has 0 spiro atoms. The molecule has 2 aromatic rings. The van der Waals surface area contributed by atoms with Crippen LogP contribution in [0.4, 0.5) is 5.69 Å². The number of hydrogen-bond donors (Lipinski definition) is 2. The van der Waals surface area contributed by atoms with Crippen molar-refractivity contribution in [3.63, 3.8) is 0 Å². The van der Waals surface area contributed by atoms with E-state index in [2.05, 4.69) is 5.32 Å². The lowest BCUT2D eigenvalue weighted by Gasteiger charge is -2.32. The van der Waals surface area contributed by atoms with Gasteiger partial charge in [-0.3, -0.25) is 9.59 Å². The number of ether oxygens (including phenoxy) is 1. The molecule has 1 heterocycles. The van der Waals surface area contributed by atoms with E-state index in [1.807, 2.05) is 59.5 Å². The second-order valence-corrected chi connectivity index (χ2v) is 6.33. The standard InChI is InChI=1S/C20H23N3O3/c1-26-18-10-6-5-9-17(18)21-19(24)15-22-11-13-23(14-12-22)20(25)16-7-3-2-4-8-16/h2-10H,11-15H2,1H3,(H,21,24)/p+1. The quantitative estimate of drug-likeness (QED) is 0.830. The third kappa shape index (κ3) is 4.40. The van der Waals surface area contributed by atoms with Gasteiger partial charge in [0.2, 0.25) is 0 Å². The Morgan fingerprint density at radius 1 is 1.04 bits per heavy atom. The summed E-state index contributed by atoms with van der Waals surface area (Å²) in [5.74, 6) is 0.657. The Kier molecular flexibility index (Phi) is 5.86. The van der Waals surface area contributed by atoms with Gasteiger partial charge in [-0.05, 0) is 24.3 Å². The van der Waals surface area contributed by atoms with Crippen LogP contribution in [0, 0.1) is 0 Å². The number of piperazine rings is 1. The van der Waals surface area contributed by atoms with Crippen molar-refractivity contribution in [1.82, 2.24) is 4.90 Å². The van der Waals surface area contributed by atoms with Crippen molar-refractivity contribution in [1.29, 1.82) is 0 Å². The highest BCUT2D eigenvalue weighted by atomic mass is 16.5. The lowest BCUT2D eigenvalue weighted by molar-refractivity contribution is -0.895. The Morgan fingerprint density at radius 2 is 1.69 bits per heavy atom. The molecule has 0 aromatic heterocycles. The molecule has 1 aliphatic heterocycles. The van der Waals surface area contributed by atoms with Gasteiger partial charge in [-0.15, -0.1) is 0 Å². The molecule has 0 aliphatic carbocycles. The number of nitrogens with zero attached hydrogens (tertiary/aromatic N) is 1. The van der Waals surface area contributed by atoms with Crippen molar-refractivity contribution in [3.8, 4) is 5.75 Å². The molecule has 0 radical (unpaired) electrons. The van der Waals surface area contributed by atoms with Crippen molar-refractivity contribution in [2.45, 2.75) is 0 Å². The van der Waals surface area contributed by atoms with Crippen LogP contribution < -0.4 is 15.0 Å². The van der Waals surface area contributed by atoms with Crippen LogP contribution in [0.3, 0.4) is 0 Å². The van der Waals surface area contributed by atoms with E-state index in [0.29, 0.717) is 36.6 Å². The molecule has 1 fully saturated rings. The number of amides is 2. The number of nitrogens with one attached hydrogen (secondary N) is 2. The van der Waals surface area contributed by atoms with E-state index in [1.165, 1.54) is 4.90 Å². The summed E-state index contributed by atoms with van der Waals surface area (Å²) in [5.41, 5.74) is 1.39. The topological polar surface area (TPSA) is 63.1 Å². The molecule has 136 valence electrons. The lowest BCUT2D eigenvalue weighted by Crippen LogP contribution is -3.15. The highest BCUT2D eigenvalue weighted by Gasteiger charge is 2.26. The Balaban J connectivity index is 1.49. The summed E-state index contributed by atoms with van der Waals surface area (Å²) < 4.78 is 5.25. The van der Waals surface area contributed by atoms with E-state index in [1.54, 1.807) is 7.11 Å². The zero-order valence-corrected chi connectivity index (χ0v) is 14.9. The normalized spacial score (nSPS) is 14.7. The third-order valence-corrected chi connectivity index (χ3v) is 4.57. The minimum atomic E-state index is -0.0488. The molecule has 1 saturated heterocycles. The van der Waals surface area contributed by atoms with Gasteiger partial charge in [0.15, 0.2) is 6.54 Å². The van der Waals surface area contributed by atoms with E-state index in [4.69, 9.17) is 4.74 Å². The monoisotopic (exact) mass is 354 g/mol. The molecule has 26 heavy (non-hydrogen) atoms. The van der Waals surface area contributed by atoms with Gasteiger partial charge in [-0.1, -0.05) is 30.3 Å². The van der Waals surface area contributed by atoms with E-state index in [0.717, 1.165) is 13.1 Å². The van der Waals surface area contributed by atoms with Gasteiger partial charge < -0.3 is 19.9 Å². The van der Waals surface area contributed by atoms with Crippen molar-refractivity contribution in [3.05, 3.63) is 60.2 Å². The second-order valence-electron chi connectivity index (χ2n) is 6.33. The number of methoxy groups -OCH3 is 1. The molecule has 2 amide bonds. The molecular weight excluding hydrogens is 330 g/mol. The number of benzene rings is 2. The maximum absolute atomic E-state index is 12.5. The number of rotatable bonds is 5. The molecule has 6 heteroatoms. The summed E-state index contributed by atoms with van der Waals surface area (Å²) in [6, 6.07) is 16.7. The molecule has 1 aliphatic rings. The minimum absolute atomic E-state index is 0.0488. The lowest BCUT2D eigenvalue weighted by atomic mass is 10.2. The predicted molar refractivity (Wildman–Crippen MR) is 99.5 cm³/mol. The summed E-state index contributed by atoms with van der Waals surface area (Å²) in [4.78, 5) is 27.8. The number of hydrogen-bond acceptors (Lipinski definition) is 3. The number of anilines is 1. The zero-order chi connectivity index (χ0) is 18.4. The molecule has 6 nitrogen and oxygen atoms in total. The van der Waals surface area contributed by atoms with E-state index < -0.39 is 0 Å². The Morgan fingerprint density at radius 3 is 2.38 bits per heavy atom. The molecular formula is C20H24N3O3+. The van der Waals surface area contributed by atoms with E-state index in [-0.39, 0.29) is 11.8 Å². The zero-order valence-electron chi connectivity index (χ0n) is 14.9. The van der Waals surface area contributed by atoms with Crippen LogP contribution in [-0.2, 0) is 4.79 Å². The van der Waals surface area contributed by atoms with Gasteiger partial charge in [0.05, 0.1) is 39.0 Å². The van der Waals surface area contributed by atoms with Crippen LogP contribution in [0.15, 0.2) is 54.6 Å². The molecule has 0 bridgehead atoms. The largest absolute Gasteiger partial charge is 0.495 e. The SMILES string of the molecule is COc1ccccc1NC(=O)C[NH+]1CCN(C(=O)c2ccccc2)CC1. The van der Waals surface area contributed by atoms with Crippen molar-refractivity contribution >= 4 is 17.5 Å². The van der Waals surface area contributed by atoms with Crippen LogP contribution in [-0.4, -0.2) is 56.5 Å². The average Bonchev–Trinajstić information content (AvgIpc) is 2.69. The summed E-state index contributed by atoms with van der Waals surface area (Å²) in [5, 5.41) is 2.90. The van der Waals surface area contributed by atoms with Gasteiger partial charge in [-0.2, -0.15) is 0 Å². The van der Waals surface area contributed by atoms with Crippen LogP contribution in [0.2, 0.25) is 0 Å². The van der Waals surface area contributed by atoms with Gasteiger partial charge in [-0.25, -0.2) is 0 Å². The fourth-order valence-corrected chi connectivity index (χ4v) is 3.14. The maximum atomic E-state index is 12.5. The van der Waals surface area contributed by atoms with Gasteiger partial charge in [0, 0.05) is 5.56 Å². The highest BCUT2D eigenvalue weighted by Crippen LogP contribution is 2.22. The van der Waals surface area contributed by atoms with Crippen LogP contribution in [0.25, 0.3) is 0 Å². The van der Waals surface area contributed by atoms with Crippen LogP contribution in [0.1, 0.15) is 10.4 Å². The fraction of sp³-hybridized carbons (Fsp3) is 0.300. The minimum Gasteiger partial charge on any atom is -0.495 e. The number of quaternary nitrogens is 1. The van der Waals surface area contributed by atoms with Crippen molar-refractivity contribution in [2.75, 3.05) is 45.2 Å². The summed E-state index contributed by atoms with van der Waals surface area (Å²) >= 11 is 0. The molecule has 2 aromatic carbocycles. The molecule has 3 rings (SSSR count). The maximum Gasteiger partial charge on any atom is 0.279 e. The van der Waals surface area contributed by atoms with Gasteiger partial charge in [0.1, 0.15) is 5.75 Å². The molecule has 0 atom stereocenters. The number of carbonyl (C=O) groups is 2. The molecule has 0 saturated carbocycles. The summed E-state index contributed by atoms with van der Waals surface area (Å²) in [7, 11) is 1.58. The first-order chi connectivity index (χ1) is 12.7. The fourth-order valence-electron chi connectivity index (χ4n) is 3.14. The summed E-state index contributed by atoms with van der Waals surface area (Å²) in [6.07, 6.45) is 0. The van der Waals surface area contributed by atoms with Gasteiger partial charge in [0.25, 0.3) is 11.8 Å². The van der Waals surface area contributed by atoms with Gasteiger partial charge >= 0.3 is 0 Å². The Labute approximate surface area is 153 Å². The molecule has 0 unspecified atom stereocenters. The van der Waals surface area contributed by atoms with Crippen LogP contribution in [0.5, 0.6) is 5.75 Å². The Hall–Kier alpha value is -2.86. The van der Waals surface area contributed by atoms with Crippen molar-refractivity contribution in [2.24, 2.45) is 0 Å². The third-order valence-electron chi connectivity index (χ3n) is 4.57. The smallest absolute Gasteiger partial charge is 0.279 e. The summed E-state index contributed by atoms with van der Waals surface area (Å²) in [6.45, 7) is 3.22. The van der Waals surface area contributed by atoms with E-state index in [9.17, 15) is 9.59 Å². The Bertz CT molecular complexity index is 756. The average molecular weight is 354 g/mol. The number of carbonyl (C=O) groups excluding carboxylic acids is 2. The first-order valence-corrected chi connectivity index (χ1v) is 8.78. The van der Waals surface area contributed by atoms with Crippen molar-refractivity contribution < 1.29 is 19.2 Å². The second kappa shape index (κ2) is 8.49. The van der Waals surface area contributed by atoms with Crippen LogP contribution >= 0.6 is 0 Å². The first kappa shape index (κ1) is 17.9. The van der Waals surface area contributed by atoms with E-state index >= 15 is 0 Å². The first-order valence-electron chi connectivity index (χ1n) is 8.78. The molecule has 2 N–H and O–H groups in total.